The molecule has 1 fully saturated rings. The predicted octanol–water partition coefficient (Wildman–Crippen LogP) is 1.42. The first-order valence-corrected chi connectivity index (χ1v) is 7.16. The van der Waals surface area contributed by atoms with Crippen LogP contribution in [0.3, 0.4) is 0 Å². The molecule has 0 spiro atoms. The molecule has 0 radical (unpaired) electrons. The molecule has 0 aliphatic heterocycles. The summed E-state index contributed by atoms with van der Waals surface area (Å²) in [6.45, 7) is 1.62. The maximum atomic E-state index is 11.7. The number of carbonyl (C=O) groups is 1. The smallest absolute Gasteiger partial charge is 0.304 e. The summed E-state index contributed by atoms with van der Waals surface area (Å²) in [5.41, 5.74) is -0.0763. The molecule has 20 heavy (non-hydrogen) atoms. The van der Waals surface area contributed by atoms with Gasteiger partial charge in [0.2, 0.25) is 5.91 Å². The largest absolute Gasteiger partial charge is 0.388 e. The van der Waals surface area contributed by atoms with Crippen molar-refractivity contribution in [3.8, 4) is 0 Å². The number of rotatable bonds is 6. The lowest BCUT2D eigenvalue weighted by Crippen LogP contribution is -2.36. The van der Waals surface area contributed by atoms with Gasteiger partial charge < -0.3 is 15.3 Å². The Bertz CT molecular complexity index is 525. The van der Waals surface area contributed by atoms with E-state index in [1.165, 1.54) is 6.07 Å². The third kappa shape index (κ3) is 3.45. The molecule has 1 aliphatic carbocycles. The number of nitro groups is 1. The van der Waals surface area contributed by atoms with E-state index in [0.29, 0.717) is 9.88 Å². The van der Waals surface area contributed by atoms with Gasteiger partial charge in [0, 0.05) is 24.0 Å². The van der Waals surface area contributed by atoms with Gasteiger partial charge in [-0.05, 0) is 19.8 Å². The lowest BCUT2D eigenvalue weighted by Gasteiger charge is -2.16. The normalized spacial score (nSPS) is 15.8. The number of aliphatic hydroxyl groups excluding tert-OH is 1. The van der Waals surface area contributed by atoms with Crippen LogP contribution in [0.15, 0.2) is 6.07 Å². The van der Waals surface area contributed by atoms with Crippen molar-refractivity contribution in [1.29, 1.82) is 0 Å². The van der Waals surface area contributed by atoms with Gasteiger partial charge in [0.1, 0.15) is 0 Å². The average Bonchev–Trinajstić information content (AvgIpc) is 3.03. The van der Waals surface area contributed by atoms with Crippen LogP contribution in [0.1, 0.15) is 30.7 Å². The molecule has 1 aromatic heterocycles. The fraction of sp³-hybridized carbons (Fsp3) is 0.583. The highest BCUT2D eigenvalue weighted by Gasteiger charge is 2.27. The highest BCUT2D eigenvalue weighted by molar-refractivity contribution is 7.16. The molecule has 1 saturated carbocycles. The van der Waals surface area contributed by atoms with Gasteiger partial charge in [-0.3, -0.25) is 14.9 Å². The Balaban J connectivity index is 2.12. The number of carbonyl (C=O) groups excluding carboxylic acids is 1. The number of nitrogens with one attached hydrogen (secondary N) is 1. The van der Waals surface area contributed by atoms with Crippen LogP contribution < -0.4 is 10.2 Å². The Morgan fingerprint density at radius 3 is 2.85 bits per heavy atom. The second kappa shape index (κ2) is 5.76. The number of hydrogen-bond donors (Lipinski definition) is 2. The monoisotopic (exact) mass is 299 g/mol. The molecular formula is C12H17N3O4S. The first-order chi connectivity index (χ1) is 9.38. The van der Waals surface area contributed by atoms with E-state index in [1.807, 2.05) is 0 Å². The Morgan fingerprint density at radius 2 is 2.35 bits per heavy atom. The first kappa shape index (κ1) is 14.7. The molecular weight excluding hydrogens is 282 g/mol. The van der Waals surface area contributed by atoms with Crippen molar-refractivity contribution in [2.24, 2.45) is 0 Å². The van der Waals surface area contributed by atoms with Gasteiger partial charge in [-0.15, -0.1) is 11.3 Å². The number of nitrogens with zero attached hydrogens (tertiary/aromatic N) is 2. The summed E-state index contributed by atoms with van der Waals surface area (Å²) >= 11 is 1.13. The number of aliphatic hydroxyl groups is 1. The molecule has 1 atom stereocenters. The zero-order valence-electron chi connectivity index (χ0n) is 11.3. The second-order valence-electron chi connectivity index (χ2n) is 4.97. The Labute approximate surface area is 120 Å². The van der Waals surface area contributed by atoms with Gasteiger partial charge in [0.05, 0.1) is 17.6 Å². The zero-order chi connectivity index (χ0) is 14.9. The third-order valence-electron chi connectivity index (χ3n) is 2.99. The van der Waals surface area contributed by atoms with E-state index in [0.717, 1.165) is 24.2 Å². The molecule has 2 rings (SSSR count). The molecule has 8 heteroatoms. The minimum absolute atomic E-state index is 0.0666. The van der Waals surface area contributed by atoms with Gasteiger partial charge in [-0.1, -0.05) is 0 Å². The van der Waals surface area contributed by atoms with E-state index in [1.54, 1.807) is 18.9 Å². The van der Waals surface area contributed by atoms with Crippen LogP contribution in [0, 0.1) is 10.1 Å². The fourth-order valence-corrected chi connectivity index (χ4v) is 2.81. The van der Waals surface area contributed by atoms with Crippen LogP contribution in [0.5, 0.6) is 0 Å². The van der Waals surface area contributed by atoms with E-state index >= 15 is 0 Å². The Kier molecular flexibility index (Phi) is 4.24. The van der Waals surface area contributed by atoms with Crippen molar-refractivity contribution < 1.29 is 14.8 Å². The molecule has 0 saturated heterocycles. The van der Waals surface area contributed by atoms with Crippen LogP contribution in [0.4, 0.5) is 10.7 Å². The van der Waals surface area contributed by atoms with Crippen molar-refractivity contribution in [3.05, 3.63) is 21.1 Å². The minimum Gasteiger partial charge on any atom is -0.388 e. The molecule has 1 aliphatic rings. The Morgan fingerprint density at radius 1 is 1.70 bits per heavy atom. The maximum absolute atomic E-state index is 11.7. The van der Waals surface area contributed by atoms with Crippen LogP contribution in [0.25, 0.3) is 0 Å². The van der Waals surface area contributed by atoms with Crippen molar-refractivity contribution in [2.75, 3.05) is 18.5 Å². The van der Waals surface area contributed by atoms with Crippen LogP contribution >= 0.6 is 11.3 Å². The van der Waals surface area contributed by atoms with Gasteiger partial charge >= 0.3 is 5.69 Å². The standard InChI is InChI=1S/C12H17N3O4S/c1-7(16)10-5-9(15(18)19)12(20-10)14(2)6-11(17)13-8-3-4-8/h5,7-8,16H,3-4,6H2,1-2H3,(H,13,17)/t7-/m0/s1. The summed E-state index contributed by atoms with van der Waals surface area (Å²) in [7, 11) is 1.64. The number of anilines is 1. The SMILES string of the molecule is C[C@H](O)c1cc([N+](=O)[O-])c(N(C)CC(=O)NC2CC2)s1. The number of amides is 1. The third-order valence-corrected chi connectivity index (χ3v) is 4.40. The summed E-state index contributed by atoms with van der Waals surface area (Å²) in [5.74, 6) is -0.142. The molecule has 0 aromatic carbocycles. The van der Waals surface area contributed by atoms with Crippen molar-refractivity contribution in [3.63, 3.8) is 0 Å². The number of hydrogen-bond acceptors (Lipinski definition) is 6. The van der Waals surface area contributed by atoms with Crippen LogP contribution in [0.2, 0.25) is 0 Å². The highest BCUT2D eigenvalue weighted by Crippen LogP contribution is 2.39. The molecule has 110 valence electrons. The molecule has 0 unspecified atom stereocenters. The van der Waals surface area contributed by atoms with Gasteiger partial charge in [-0.25, -0.2) is 0 Å². The summed E-state index contributed by atoms with van der Waals surface area (Å²) in [6.07, 6.45) is 1.24. The van der Waals surface area contributed by atoms with Crippen molar-refractivity contribution in [2.45, 2.75) is 31.9 Å². The lowest BCUT2D eigenvalue weighted by atomic mass is 10.3. The first-order valence-electron chi connectivity index (χ1n) is 6.35. The lowest BCUT2D eigenvalue weighted by molar-refractivity contribution is -0.383. The molecule has 2 N–H and O–H groups in total. The molecule has 7 nitrogen and oxygen atoms in total. The van der Waals surface area contributed by atoms with Crippen molar-refractivity contribution >= 4 is 27.9 Å². The van der Waals surface area contributed by atoms with Gasteiger partial charge in [-0.2, -0.15) is 0 Å². The molecule has 1 aromatic rings. The summed E-state index contributed by atoms with van der Waals surface area (Å²) in [5, 5.41) is 23.8. The maximum Gasteiger partial charge on any atom is 0.304 e. The molecule has 1 amide bonds. The van der Waals surface area contributed by atoms with E-state index < -0.39 is 11.0 Å². The van der Waals surface area contributed by atoms with E-state index in [2.05, 4.69) is 5.32 Å². The van der Waals surface area contributed by atoms with E-state index in [4.69, 9.17) is 0 Å². The fourth-order valence-electron chi connectivity index (χ4n) is 1.79. The summed E-state index contributed by atoms with van der Waals surface area (Å²) in [6, 6.07) is 1.63. The van der Waals surface area contributed by atoms with E-state index in [-0.39, 0.29) is 24.2 Å². The predicted molar refractivity (Wildman–Crippen MR) is 76.0 cm³/mol. The number of likely N-dealkylation sites (N-methyl/N-ethyl adjacent to an activating group) is 1. The van der Waals surface area contributed by atoms with Crippen molar-refractivity contribution in [1.82, 2.24) is 5.32 Å². The van der Waals surface area contributed by atoms with Crippen LogP contribution in [-0.2, 0) is 4.79 Å². The zero-order valence-corrected chi connectivity index (χ0v) is 12.1. The highest BCUT2D eigenvalue weighted by atomic mass is 32.1. The molecule has 1 heterocycles. The summed E-state index contributed by atoms with van der Waals surface area (Å²) < 4.78 is 0. The van der Waals surface area contributed by atoms with Gasteiger partial charge in [0.25, 0.3) is 0 Å². The second-order valence-corrected chi connectivity index (χ2v) is 6.03. The van der Waals surface area contributed by atoms with Gasteiger partial charge in [0.15, 0.2) is 5.00 Å². The summed E-state index contributed by atoms with van der Waals surface area (Å²) in [4.78, 5) is 24.3. The number of thiophene rings is 1. The van der Waals surface area contributed by atoms with Crippen LogP contribution in [-0.4, -0.2) is 35.6 Å². The quantitative estimate of drug-likeness (QED) is 0.612. The Hall–Kier alpha value is -1.67. The average molecular weight is 299 g/mol. The minimum atomic E-state index is -0.763. The topological polar surface area (TPSA) is 95.7 Å². The molecule has 0 bridgehead atoms. The van der Waals surface area contributed by atoms with E-state index in [9.17, 15) is 20.0 Å².